The first kappa shape index (κ1) is 17.2. The standard InChI is InChI=1S/C18H16FN3O2S/c1-12(17(23)13-7-9-14(19)10-8-13)25-18-21-20-11-22(18)15-5-3-4-6-16(15)24-2/h3-12H,1-2H3/t12-/m1/s1. The number of halogens is 1. The number of rotatable bonds is 6. The monoisotopic (exact) mass is 357 g/mol. The molecule has 0 fully saturated rings. The third kappa shape index (κ3) is 3.71. The minimum Gasteiger partial charge on any atom is -0.495 e. The summed E-state index contributed by atoms with van der Waals surface area (Å²) in [7, 11) is 1.59. The molecule has 0 aliphatic rings. The van der Waals surface area contributed by atoms with Crippen LogP contribution in [0, 0.1) is 5.82 Å². The van der Waals surface area contributed by atoms with Gasteiger partial charge in [0.1, 0.15) is 17.9 Å². The van der Waals surface area contributed by atoms with E-state index >= 15 is 0 Å². The van der Waals surface area contributed by atoms with Crippen molar-refractivity contribution in [3.8, 4) is 11.4 Å². The van der Waals surface area contributed by atoms with Crippen LogP contribution in [0.3, 0.4) is 0 Å². The first-order valence-electron chi connectivity index (χ1n) is 7.60. The van der Waals surface area contributed by atoms with E-state index in [2.05, 4.69) is 10.2 Å². The molecule has 0 saturated heterocycles. The average molecular weight is 357 g/mol. The van der Waals surface area contributed by atoms with Crippen molar-refractivity contribution in [3.63, 3.8) is 0 Å². The van der Waals surface area contributed by atoms with Crippen LogP contribution in [0.4, 0.5) is 4.39 Å². The Morgan fingerprint density at radius 3 is 2.64 bits per heavy atom. The molecule has 0 aliphatic heterocycles. The lowest BCUT2D eigenvalue weighted by Gasteiger charge is -2.13. The third-order valence-corrected chi connectivity index (χ3v) is 4.70. The van der Waals surface area contributed by atoms with Gasteiger partial charge in [-0.2, -0.15) is 0 Å². The van der Waals surface area contributed by atoms with Gasteiger partial charge in [-0.05, 0) is 43.3 Å². The largest absolute Gasteiger partial charge is 0.495 e. The Labute approximate surface area is 148 Å². The number of aromatic nitrogens is 3. The first-order valence-corrected chi connectivity index (χ1v) is 8.48. The van der Waals surface area contributed by atoms with Crippen LogP contribution in [0.15, 0.2) is 60.0 Å². The lowest BCUT2D eigenvalue weighted by molar-refractivity contribution is 0.0994. The maximum absolute atomic E-state index is 13.0. The summed E-state index contributed by atoms with van der Waals surface area (Å²) < 4.78 is 20.2. The number of carbonyl (C=O) groups is 1. The smallest absolute Gasteiger partial charge is 0.196 e. The number of ether oxygens (including phenoxy) is 1. The fourth-order valence-electron chi connectivity index (χ4n) is 2.36. The van der Waals surface area contributed by atoms with Gasteiger partial charge in [-0.15, -0.1) is 10.2 Å². The van der Waals surface area contributed by atoms with Crippen LogP contribution >= 0.6 is 11.8 Å². The third-order valence-electron chi connectivity index (χ3n) is 3.64. The number of hydrogen-bond donors (Lipinski definition) is 0. The number of para-hydroxylation sites is 2. The Balaban J connectivity index is 1.83. The molecule has 1 aromatic heterocycles. The highest BCUT2D eigenvalue weighted by Crippen LogP contribution is 2.29. The molecule has 0 bridgehead atoms. The second-order valence-electron chi connectivity index (χ2n) is 5.29. The molecule has 0 amide bonds. The molecule has 128 valence electrons. The number of methoxy groups -OCH3 is 1. The van der Waals surface area contributed by atoms with Crippen molar-refractivity contribution < 1.29 is 13.9 Å². The van der Waals surface area contributed by atoms with E-state index in [1.165, 1.54) is 36.0 Å². The quantitative estimate of drug-likeness (QED) is 0.496. The average Bonchev–Trinajstić information content (AvgIpc) is 3.09. The van der Waals surface area contributed by atoms with Gasteiger partial charge in [0.25, 0.3) is 0 Å². The summed E-state index contributed by atoms with van der Waals surface area (Å²) >= 11 is 1.29. The maximum Gasteiger partial charge on any atom is 0.196 e. The van der Waals surface area contributed by atoms with Gasteiger partial charge in [0.2, 0.25) is 0 Å². The van der Waals surface area contributed by atoms with E-state index in [-0.39, 0.29) is 11.6 Å². The Bertz CT molecular complexity index is 880. The van der Waals surface area contributed by atoms with Crippen molar-refractivity contribution in [2.45, 2.75) is 17.3 Å². The number of ketones is 1. The van der Waals surface area contributed by atoms with Crippen molar-refractivity contribution in [3.05, 3.63) is 66.2 Å². The molecule has 7 heteroatoms. The van der Waals surface area contributed by atoms with E-state index in [9.17, 15) is 9.18 Å². The van der Waals surface area contributed by atoms with Crippen molar-refractivity contribution in [2.24, 2.45) is 0 Å². The molecule has 3 aromatic rings. The highest BCUT2D eigenvalue weighted by molar-refractivity contribution is 8.00. The summed E-state index contributed by atoms with van der Waals surface area (Å²) in [5.74, 6) is 0.217. The summed E-state index contributed by atoms with van der Waals surface area (Å²) in [6, 6.07) is 13.0. The topological polar surface area (TPSA) is 57.0 Å². The van der Waals surface area contributed by atoms with E-state index < -0.39 is 5.25 Å². The molecule has 1 heterocycles. The van der Waals surface area contributed by atoms with Gasteiger partial charge in [-0.1, -0.05) is 23.9 Å². The number of benzene rings is 2. The van der Waals surface area contributed by atoms with E-state index in [4.69, 9.17) is 4.74 Å². The molecule has 5 nitrogen and oxygen atoms in total. The second kappa shape index (κ2) is 7.48. The minimum atomic E-state index is -0.400. The highest BCUT2D eigenvalue weighted by Gasteiger charge is 2.20. The maximum atomic E-state index is 13.0. The van der Waals surface area contributed by atoms with Gasteiger partial charge in [0.05, 0.1) is 18.0 Å². The summed E-state index contributed by atoms with van der Waals surface area (Å²) in [4.78, 5) is 12.5. The normalized spacial score (nSPS) is 12.0. The predicted octanol–water partition coefficient (Wildman–Crippen LogP) is 3.78. The molecule has 0 unspecified atom stereocenters. The van der Waals surface area contributed by atoms with Gasteiger partial charge in [-0.3, -0.25) is 9.36 Å². The Kier molecular flexibility index (Phi) is 5.14. The van der Waals surface area contributed by atoms with Gasteiger partial charge >= 0.3 is 0 Å². The van der Waals surface area contributed by atoms with Crippen LogP contribution in [0.5, 0.6) is 5.75 Å². The fraction of sp³-hybridized carbons (Fsp3) is 0.167. The van der Waals surface area contributed by atoms with Crippen molar-refractivity contribution >= 4 is 17.5 Å². The van der Waals surface area contributed by atoms with Crippen LogP contribution in [0.2, 0.25) is 0 Å². The number of nitrogens with zero attached hydrogens (tertiary/aromatic N) is 3. The summed E-state index contributed by atoms with van der Waals surface area (Å²) in [6.07, 6.45) is 1.58. The van der Waals surface area contributed by atoms with Crippen LogP contribution in [-0.2, 0) is 0 Å². The zero-order chi connectivity index (χ0) is 17.8. The van der Waals surface area contributed by atoms with E-state index in [0.29, 0.717) is 16.5 Å². The van der Waals surface area contributed by atoms with Crippen LogP contribution in [-0.4, -0.2) is 32.9 Å². The lowest BCUT2D eigenvalue weighted by atomic mass is 10.1. The number of Topliss-reactive ketones (excluding diaryl/α,β-unsaturated/α-hetero) is 1. The molecule has 0 N–H and O–H groups in total. The first-order chi connectivity index (χ1) is 12.1. The Morgan fingerprint density at radius 1 is 1.20 bits per heavy atom. The van der Waals surface area contributed by atoms with Gasteiger partial charge in [0.15, 0.2) is 10.9 Å². The molecule has 0 aliphatic carbocycles. The van der Waals surface area contributed by atoms with Crippen LogP contribution < -0.4 is 4.74 Å². The Hall–Kier alpha value is -2.67. The number of hydrogen-bond acceptors (Lipinski definition) is 5. The predicted molar refractivity (Wildman–Crippen MR) is 94.0 cm³/mol. The highest BCUT2D eigenvalue weighted by atomic mass is 32.2. The molecule has 25 heavy (non-hydrogen) atoms. The van der Waals surface area contributed by atoms with Crippen molar-refractivity contribution in [1.82, 2.24) is 14.8 Å². The number of thioether (sulfide) groups is 1. The molecular weight excluding hydrogens is 341 g/mol. The molecule has 0 saturated carbocycles. The van der Waals surface area contributed by atoms with Crippen molar-refractivity contribution in [2.75, 3.05) is 7.11 Å². The molecular formula is C18H16FN3O2S. The van der Waals surface area contributed by atoms with Gasteiger partial charge < -0.3 is 4.74 Å². The minimum absolute atomic E-state index is 0.0976. The van der Waals surface area contributed by atoms with E-state index in [1.807, 2.05) is 24.3 Å². The zero-order valence-corrected chi connectivity index (χ0v) is 14.5. The molecule has 0 spiro atoms. The van der Waals surface area contributed by atoms with Crippen molar-refractivity contribution in [1.29, 1.82) is 0 Å². The molecule has 0 radical (unpaired) electrons. The van der Waals surface area contributed by atoms with Gasteiger partial charge in [-0.25, -0.2) is 4.39 Å². The Morgan fingerprint density at radius 2 is 1.92 bits per heavy atom. The van der Waals surface area contributed by atoms with Crippen LogP contribution in [0.25, 0.3) is 5.69 Å². The van der Waals surface area contributed by atoms with E-state index in [1.54, 1.807) is 24.9 Å². The van der Waals surface area contributed by atoms with Gasteiger partial charge in [0, 0.05) is 5.56 Å². The zero-order valence-electron chi connectivity index (χ0n) is 13.7. The summed E-state index contributed by atoms with van der Waals surface area (Å²) in [5, 5.41) is 8.23. The van der Waals surface area contributed by atoms with E-state index in [0.717, 1.165) is 5.69 Å². The number of carbonyl (C=O) groups excluding carboxylic acids is 1. The second-order valence-corrected chi connectivity index (χ2v) is 6.59. The molecule has 1 atom stereocenters. The molecule has 3 rings (SSSR count). The fourth-order valence-corrected chi connectivity index (χ4v) is 3.27. The SMILES string of the molecule is COc1ccccc1-n1cnnc1S[C@H](C)C(=O)c1ccc(F)cc1. The lowest BCUT2D eigenvalue weighted by Crippen LogP contribution is -2.14. The molecule has 2 aromatic carbocycles. The van der Waals surface area contributed by atoms with Crippen LogP contribution in [0.1, 0.15) is 17.3 Å². The summed E-state index contributed by atoms with van der Waals surface area (Å²) in [5.41, 5.74) is 1.25. The summed E-state index contributed by atoms with van der Waals surface area (Å²) in [6.45, 7) is 1.79.